The van der Waals surface area contributed by atoms with Crippen LogP contribution in [0, 0.1) is 0 Å². The van der Waals surface area contributed by atoms with E-state index in [1.807, 2.05) is 24.3 Å². The summed E-state index contributed by atoms with van der Waals surface area (Å²) >= 11 is 0. The highest BCUT2D eigenvalue weighted by Gasteiger charge is 2.30. The lowest BCUT2D eigenvalue weighted by Gasteiger charge is -2.07. The second-order valence-corrected chi connectivity index (χ2v) is 7.97. The Balaban J connectivity index is 1.60. The lowest BCUT2D eigenvalue weighted by atomic mass is 10.0. The van der Waals surface area contributed by atoms with Crippen molar-refractivity contribution in [2.75, 3.05) is 6.54 Å². The van der Waals surface area contributed by atoms with Crippen molar-refractivity contribution in [2.24, 2.45) is 4.99 Å². The molecular weight excluding hydrogens is 352 g/mol. The van der Waals surface area contributed by atoms with Gasteiger partial charge in [0.05, 0.1) is 4.90 Å². The van der Waals surface area contributed by atoms with Crippen molar-refractivity contribution in [3.63, 3.8) is 0 Å². The van der Waals surface area contributed by atoms with Crippen LogP contribution in [0.5, 0.6) is 0 Å². The average molecular weight is 372 g/mol. The molecule has 136 valence electrons. The molecule has 0 atom stereocenters. The lowest BCUT2D eigenvalue weighted by Crippen LogP contribution is -2.23. The minimum absolute atomic E-state index is 0.157. The molecule has 2 aromatic carbocycles. The van der Waals surface area contributed by atoms with Gasteiger partial charge in [0.25, 0.3) is 10.0 Å². The number of ether oxygens (including phenoxy) is 1. The van der Waals surface area contributed by atoms with Crippen molar-refractivity contribution in [3.8, 4) is 0 Å². The Kier molecular flexibility index (Phi) is 5.08. The Hall–Kier alpha value is -2.67. The number of amidine groups is 1. The van der Waals surface area contributed by atoms with E-state index in [-0.39, 0.29) is 23.9 Å². The van der Waals surface area contributed by atoms with E-state index in [0.29, 0.717) is 11.5 Å². The maximum absolute atomic E-state index is 12.0. The number of benzene rings is 2. The molecule has 0 saturated carbocycles. The summed E-state index contributed by atoms with van der Waals surface area (Å²) in [7, 11) is -3.60. The first-order valence-electron chi connectivity index (χ1n) is 8.28. The van der Waals surface area contributed by atoms with Gasteiger partial charge in [-0.15, -0.1) is 0 Å². The molecule has 0 radical (unpaired) electrons. The molecule has 1 heterocycles. The van der Waals surface area contributed by atoms with Crippen molar-refractivity contribution in [1.29, 1.82) is 0 Å². The van der Waals surface area contributed by atoms with Crippen LogP contribution in [0.15, 0.2) is 58.4 Å². The first-order chi connectivity index (χ1) is 12.4. The largest absolute Gasteiger partial charge is 0.459 e. The predicted octanol–water partition coefficient (Wildman–Crippen LogP) is 2.59. The number of nitrogens with zero attached hydrogens (tertiary/aromatic N) is 1. The molecule has 0 bridgehead atoms. The van der Waals surface area contributed by atoms with E-state index in [1.165, 1.54) is 11.6 Å². The average Bonchev–Trinajstić information content (AvgIpc) is 2.89. The smallest absolute Gasteiger partial charge is 0.328 e. The van der Waals surface area contributed by atoms with Gasteiger partial charge >= 0.3 is 5.97 Å². The molecule has 1 aliphatic rings. The molecule has 1 aliphatic heterocycles. The van der Waals surface area contributed by atoms with E-state index in [2.05, 4.69) is 23.6 Å². The molecule has 7 heteroatoms. The van der Waals surface area contributed by atoms with Crippen LogP contribution in [0.4, 0.5) is 0 Å². The third-order valence-electron chi connectivity index (χ3n) is 4.08. The summed E-state index contributed by atoms with van der Waals surface area (Å²) in [6.45, 7) is 4.13. The monoisotopic (exact) mass is 372 g/mol. The first kappa shape index (κ1) is 18.1. The Labute approximate surface area is 153 Å². The lowest BCUT2D eigenvalue weighted by molar-refractivity contribution is -0.143. The van der Waals surface area contributed by atoms with Crippen molar-refractivity contribution in [3.05, 3.63) is 65.2 Å². The molecule has 0 spiro atoms. The molecule has 2 aromatic rings. The van der Waals surface area contributed by atoms with Gasteiger partial charge in [0.1, 0.15) is 19.0 Å². The highest BCUT2D eigenvalue weighted by atomic mass is 32.2. The van der Waals surface area contributed by atoms with Gasteiger partial charge in [-0.2, -0.15) is 0 Å². The van der Waals surface area contributed by atoms with Gasteiger partial charge in [0, 0.05) is 5.56 Å². The Morgan fingerprint density at radius 3 is 2.50 bits per heavy atom. The van der Waals surface area contributed by atoms with Gasteiger partial charge in [-0.1, -0.05) is 50.2 Å². The zero-order valence-corrected chi connectivity index (χ0v) is 15.4. The van der Waals surface area contributed by atoms with Gasteiger partial charge in [-0.05, 0) is 29.2 Å². The van der Waals surface area contributed by atoms with Gasteiger partial charge in [0.2, 0.25) is 0 Å². The fourth-order valence-corrected chi connectivity index (χ4v) is 3.85. The van der Waals surface area contributed by atoms with Crippen LogP contribution in [0.2, 0.25) is 0 Å². The number of carbonyl (C=O) groups is 1. The predicted molar refractivity (Wildman–Crippen MR) is 98.5 cm³/mol. The Morgan fingerprint density at radius 2 is 1.81 bits per heavy atom. The Morgan fingerprint density at radius 1 is 1.12 bits per heavy atom. The van der Waals surface area contributed by atoms with Gasteiger partial charge in [-0.3, -0.25) is 14.5 Å². The van der Waals surface area contributed by atoms with E-state index >= 15 is 0 Å². The van der Waals surface area contributed by atoms with E-state index < -0.39 is 16.0 Å². The first-order valence-corrected chi connectivity index (χ1v) is 9.76. The number of esters is 1. The number of carbonyl (C=O) groups excluding carboxylic acids is 1. The van der Waals surface area contributed by atoms with E-state index in [9.17, 15) is 13.2 Å². The fourth-order valence-electron chi connectivity index (χ4n) is 2.60. The molecule has 0 aromatic heterocycles. The molecule has 0 unspecified atom stereocenters. The van der Waals surface area contributed by atoms with Crippen LogP contribution in [0.1, 0.15) is 36.5 Å². The van der Waals surface area contributed by atoms with Crippen LogP contribution in [0.3, 0.4) is 0 Å². The summed E-state index contributed by atoms with van der Waals surface area (Å²) in [5, 5.41) is 0. The zero-order valence-electron chi connectivity index (χ0n) is 14.6. The molecule has 3 rings (SSSR count). The third kappa shape index (κ3) is 3.94. The molecule has 6 nitrogen and oxygen atoms in total. The Bertz CT molecular complexity index is 948. The summed E-state index contributed by atoms with van der Waals surface area (Å²) < 4.78 is 31.5. The summed E-state index contributed by atoms with van der Waals surface area (Å²) in [4.78, 5) is 16.1. The summed E-state index contributed by atoms with van der Waals surface area (Å²) in [6, 6.07) is 14.4. The second-order valence-electron chi connectivity index (χ2n) is 6.32. The fraction of sp³-hybridized carbons (Fsp3) is 0.263. The number of hydrogen-bond donors (Lipinski definition) is 1. The quantitative estimate of drug-likeness (QED) is 0.818. The number of nitrogens with one attached hydrogen (secondary N) is 1. The molecular formula is C19H20N2O4S. The van der Waals surface area contributed by atoms with Gasteiger partial charge in [0.15, 0.2) is 0 Å². The van der Waals surface area contributed by atoms with Crippen LogP contribution < -0.4 is 4.72 Å². The van der Waals surface area contributed by atoms with Crippen molar-refractivity contribution < 1.29 is 17.9 Å². The summed E-state index contributed by atoms with van der Waals surface area (Å²) in [5.41, 5.74) is 2.57. The van der Waals surface area contributed by atoms with Gasteiger partial charge in [-0.25, -0.2) is 8.42 Å². The van der Waals surface area contributed by atoms with Gasteiger partial charge < -0.3 is 4.74 Å². The van der Waals surface area contributed by atoms with E-state index in [1.54, 1.807) is 18.2 Å². The van der Waals surface area contributed by atoms with Crippen LogP contribution in [-0.2, 0) is 26.2 Å². The maximum atomic E-state index is 12.0. The van der Waals surface area contributed by atoms with Crippen LogP contribution >= 0.6 is 0 Å². The number of sulfonamides is 1. The number of aliphatic imine (C=N–C) groups is 1. The topological polar surface area (TPSA) is 84.8 Å². The molecule has 0 aliphatic carbocycles. The summed E-state index contributed by atoms with van der Waals surface area (Å²) in [6.07, 6.45) is 0. The third-order valence-corrected chi connectivity index (χ3v) is 5.47. The standard InChI is InChI=1S/C19H20N2O4S/c1-13(2)15-9-7-14(8-10-15)12-25-18(22)11-20-19-16-5-3-4-6-17(16)26(23,24)21-19/h3-10,13H,11-12H2,1-2H3,(H,20,21). The number of hydrogen-bond acceptors (Lipinski definition) is 5. The SMILES string of the molecule is CC(C)c1ccc(COC(=O)CN=C2NS(=O)(=O)c3ccccc32)cc1. The van der Waals surface area contributed by atoms with Crippen LogP contribution in [-0.4, -0.2) is 26.8 Å². The molecule has 0 saturated heterocycles. The molecule has 0 amide bonds. The minimum atomic E-state index is -3.60. The van der Waals surface area contributed by atoms with E-state index in [0.717, 1.165) is 5.56 Å². The second kappa shape index (κ2) is 7.29. The molecule has 26 heavy (non-hydrogen) atoms. The van der Waals surface area contributed by atoms with Crippen molar-refractivity contribution >= 4 is 21.8 Å². The van der Waals surface area contributed by atoms with Crippen molar-refractivity contribution in [2.45, 2.75) is 31.3 Å². The number of rotatable bonds is 5. The highest BCUT2D eigenvalue weighted by Crippen LogP contribution is 2.22. The normalized spacial score (nSPS) is 16.3. The summed E-state index contributed by atoms with van der Waals surface area (Å²) in [5.74, 6) is 0.0911. The van der Waals surface area contributed by atoms with E-state index in [4.69, 9.17) is 4.74 Å². The minimum Gasteiger partial charge on any atom is -0.459 e. The molecule has 0 fully saturated rings. The number of fused-ring (bicyclic) bond motifs is 1. The van der Waals surface area contributed by atoms with Crippen LogP contribution in [0.25, 0.3) is 0 Å². The maximum Gasteiger partial charge on any atom is 0.328 e. The highest BCUT2D eigenvalue weighted by molar-refractivity contribution is 7.90. The van der Waals surface area contributed by atoms with Crippen molar-refractivity contribution in [1.82, 2.24) is 4.72 Å². The zero-order chi connectivity index (χ0) is 18.7. The molecule has 1 N–H and O–H groups in total.